The number of hydrogen-bond donors (Lipinski definition) is 0. The smallest absolute Gasteiger partial charge is 0.211 e. The molecular formula is C7H13NO. The zero-order valence-corrected chi connectivity index (χ0v) is 5.89. The van der Waals surface area contributed by atoms with Crippen molar-refractivity contribution in [2.24, 2.45) is 0 Å². The maximum atomic E-state index is 6.08. The first-order chi connectivity index (χ1) is 4.41. The van der Waals surface area contributed by atoms with Crippen LogP contribution in [0.1, 0.15) is 19.8 Å². The third-order valence-corrected chi connectivity index (χ3v) is 0.985. The lowest BCUT2D eigenvalue weighted by molar-refractivity contribution is 0.198. The van der Waals surface area contributed by atoms with Gasteiger partial charge < -0.3 is 9.58 Å². The van der Waals surface area contributed by atoms with Crippen LogP contribution in [0.3, 0.4) is 0 Å². The molecule has 1 aliphatic heterocycles. The molecule has 0 unspecified atom stereocenters. The topological polar surface area (TPSA) is 13.6 Å². The second-order valence-corrected chi connectivity index (χ2v) is 1.79. The van der Waals surface area contributed by atoms with Crippen molar-refractivity contribution in [2.75, 3.05) is 19.8 Å². The molecule has 0 amide bonds. The number of ether oxygens (including phenoxy) is 1. The molecule has 0 aliphatic carbocycles. The fourth-order valence-corrected chi connectivity index (χ4v) is 0.510. The van der Waals surface area contributed by atoms with Crippen LogP contribution in [-0.2, 0) is 4.74 Å². The number of hydrogen-bond acceptors (Lipinski definition) is 1. The quantitative estimate of drug-likeness (QED) is 0.452. The third kappa shape index (κ3) is 7.45. The van der Waals surface area contributed by atoms with Crippen molar-refractivity contribution >= 4 is 0 Å². The van der Waals surface area contributed by atoms with Gasteiger partial charge in [-0.2, -0.15) is 0 Å². The standard InChI is InChI=1S/C4H8O.C3H5N/c1-2-4-5-3-1;1-3-4-2/h1-4H2;3H2,1H3. The Morgan fingerprint density at radius 2 is 1.89 bits per heavy atom. The molecular weight excluding hydrogens is 114 g/mol. The van der Waals surface area contributed by atoms with Crippen LogP contribution in [0.15, 0.2) is 0 Å². The van der Waals surface area contributed by atoms with E-state index in [1.807, 2.05) is 6.92 Å². The molecule has 9 heavy (non-hydrogen) atoms. The predicted molar refractivity (Wildman–Crippen MR) is 37.2 cm³/mol. The second kappa shape index (κ2) is 7.45. The molecule has 2 nitrogen and oxygen atoms in total. The van der Waals surface area contributed by atoms with Gasteiger partial charge in [0.1, 0.15) is 0 Å². The lowest BCUT2D eigenvalue weighted by atomic mass is 10.4. The minimum Gasteiger partial charge on any atom is -0.381 e. The molecule has 1 rings (SSSR count). The summed E-state index contributed by atoms with van der Waals surface area (Å²) in [6.07, 6.45) is 2.56. The fraction of sp³-hybridized carbons (Fsp3) is 0.857. The molecule has 1 aliphatic rings. The van der Waals surface area contributed by atoms with Crippen LogP contribution in [0.2, 0.25) is 0 Å². The normalized spacial score (nSPS) is 15.6. The van der Waals surface area contributed by atoms with Crippen LogP contribution in [0.4, 0.5) is 0 Å². The van der Waals surface area contributed by atoms with E-state index < -0.39 is 0 Å². The van der Waals surface area contributed by atoms with E-state index in [-0.39, 0.29) is 0 Å². The van der Waals surface area contributed by atoms with Crippen LogP contribution < -0.4 is 0 Å². The van der Waals surface area contributed by atoms with Crippen molar-refractivity contribution in [1.29, 1.82) is 0 Å². The lowest BCUT2D eigenvalue weighted by Gasteiger charge is -1.76. The predicted octanol–water partition coefficient (Wildman–Crippen LogP) is 1.72. The van der Waals surface area contributed by atoms with E-state index in [0.29, 0.717) is 6.54 Å². The molecule has 0 aromatic carbocycles. The van der Waals surface area contributed by atoms with E-state index >= 15 is 0 Å². The Balaban J connectivity index is 0.000000148. The van der Waals surface area contributed by atoms with Crippen LogP contribution in [0.25, 0.3) is 4.85 Å². The Hall–Kier alpha value is -0.550. The van der Waals surface area contributed by atoms with Crippen molar-refractivity contribution in [3.63, 3.8) is 0 Å². The molecule has 0 aromatic rings. The van der Waals surface area contributed by atoms with Crippen molar-refractivity contribution in [2.45, 2.75) is 19.8 Å². The van der Waals surface area contributed by atoms with E-state index in [1.165, 1.54) is 12.8 Å². The second-order valence-electron chi connectivity index (χ2n) is 1.79. The van der Waals surface area contributed by atoms with Gasteiger partial charge in [0.25, 0.3) is 0 Å². The first-order valence-electron chi connectivity index (χ1n) is 3.32. The Kier molecular flexibility index (Phi) is 6.99. The molecule has 1 fully saturated rings. The van der Waals surface area contributed by atoms with Crippen molar-refractivity contribution < 1.29 is 4.74 Å². The van der Waals surface area contributed by atoms with Crippen LogP contribution in [0.5, 0.6) is 0 Å². The van der Waals surface area contributed by atoms with Gasteiger partial charge in [-0.3, -0.25) is 0 Å². The molecule has 0 bridgehead atoms. The van der Waals surface area contributed by atoms with Gasteiger partial charge in [0.2, 0.25) is 6.54 Å². The molecule has 0 saturated carbocycles. The first kappa shape index (κ1) is 8.45. The Labute approximate surface area is 56.6 Å². The van der Waals surface area contributed by atoms with Gasteiger partial charge >= 0.3 is 0 Å². The average Bonchev–Trinajstić information content (AvgIpc) is 2.43. The Bertz CT molecular complexity index is 73.8. The molecule has 1 saturated heterocycles. The molecule has 0 atom stereocenters. The zero-order chi connectivity index (χ0) is 6.95. The highest BCUT2D eigenvalue weighted by Crippen LogP contribution is 1.98. The third-order valence-electron chi connectivity index (χ3n) is 0.985. The van der Waals surface area contributed by atoms with Gasteiger partial charge in [-0.25, -0.2) is 6.57 Å². The van der Waals surface area contributed by atoms with Gasteiger partial charge in [-0.15, -0.1) is 0 Å². The van der Waals surface area contributed by atoms with Gasteiger partial charge in [0.05, 0.1) is 0 Å². The zero-order valence-electron chi connectivity index (χ0n) is 5.89. The molecule has 1 heterocycles. The summed E-state index contributed by atoms with van der Waals surface area (Å²) >= 11 is 0. The van der Waals surface area contributed by atoms with Crippen molar-refractivity contribution in [3.05, 3.63) is 11.4 Å². The van der Waals surface area contributed by atoms with Crippen LogP contribution >= 0.6 is 0 Å². The lowest BCUT2D eigenvalue weighted by Crippen LogP contribution is -1.74. The molecule has 2 heteroatoms. The summed E-state index contributed by atoms with van der Waals surface area (Å²) in [6, 6.07) is 0. The molecule has 0 aromatic heterocycles. The number of rotatable bonds is 0. The van der Waals surface area contributed by atoms with E-state index in [9.17, 15) is 0 Å². The average molecular weight is 127 g/mol. The van der Waals surface area contributed by atoms with Gasteiger partial charge in [-0.1, -0.05) is 0 Å². The van der Waals surface area contributed by atoms with Crippen molar-refractivity contribution in [3.8, 4) is 0 Å². The maximum Gasteiger partial charge on any atom is 0.211 e. The summed E-state index contributed by atoms with van der Waals surface area (Å²) in [5.74, 6) is 0. The summed E-state index contributed by atoms with van der Waals surface area (Å²) in [5, 5.41) is 0. The summed E-state index contributed by atoms with van der Waals surface area (Å²) in [7, 11) is 0. The highest BCUT2D eigenvalue weighted by atomic mass is 16.5. The van der Waals surface area contributed by atoms with Gasteiger partial charge in [-0.05, 0) is 12.8 Å². The SMILES string of the molecule is C1CCOC1.[C-]#[N+]CC. The summed E-state index contributed by atoms with van der Waals surface area (Å²) in [4.78, 5) is 2.99. The van der Waals surface area contributed by atoms with E-state index in [0.717, 1.165) is 13.2 Å². The summed E-state index contributed by atoms with van der Waals surface area (Å²) in [6.45, 7) is 10.5. The largest absolute Gasteiger partial charge is 0.381 e. The highest BCUT2D eigenvalue weighted by molar-refractivity contribution is 4.47. The van der Waals surface area contributed by atoms with Gasteiger partial charge in [0, 0.05) is 20.1 Å². The molecule has 0 radical (unpaired) electrons. The Morgan fingerprint density at radius 3 is 2.00 bits per heavy atom. The molecule has 0 spiro atoms. The summed E-state index contributed by atoms with van der Waals surface area (Å²) < 4.78 is 4.94. The van der Waals surface area contributed by atoms with Crippen LogP contribution in [-0.4, -0.2) is 19.8 Å². The van der Waals surface area contributed by atoms with Crippen molar-refractivity contribution in [1.82, 2.24) is 0 Å². The molecule has 52 valence electrons. The molecule has 0 N–H and O–H groups in total. The van der Waals surface area contributed by atoms with E-state index in [4.69, 9.17) is 11.3 Å². The maximum absolute atomic E-state index is 6.08. The van der Waals surface area contributed by atoms with Crippen LogP contribution in [0, 0.1) is 6.57 Å². The minimum atomic E-state index is 0.611. The monoisotopic (exact) mass is 127 g/mol. The number of nitrogens with zero attached hydrogens (tertiary/aromatic N) is 1. The minimum absolute atomic E-state index is 0.611. The highest BCUT2D eigenvalue weighted by Gasteiger charge is 1.94. The van der Waals surface area contributed by atoms with E-state index in [1.54, 1.807) is 0 Å². The summed E-state index contributed by atoms with van der Waals surface area (Å²) in [5.41, 5.74) is 0. The van der Waals surface area contributed by atoms with Gasteiger partial charge in [0.15, 0.2) is 0 Å². The first-order valence-corrected chi connectivity index (χ1v) is 3.32. The Morgan fingerprint density at radius 1 is 1.44 bits per heavy atom. The van der Waals surface area contributed by atoms with E-state index in [2.05, 4.69) is 4.85 Å². The fourth-order valence-electron chi connectivity index (χ4n) is 0.510.